The summed E-state index contributed by atoms with van der Waals surface area (Å²) in [6.07, 6.45) is 7.32. The van der Waals surface area contributed by atoms with Crippen molar-refractivity contribution >= 4 is 12.0 Å². The molecule has 0 saturated carbocycles. The maximum atomic E-state index is 11.9. The Morgan fingerprint density at radius 1 is 1.32 bits per heavy atom. The molecule has 1 amide bonds. The zero-order valence-electron chi connectivity index (χ0n) is 12.2. The SMILES string of the molecule is CC(Cc1ccoc1)NC(=O)C=Cc1ccc2c(c1)OCO2. The fraction of sp³-hybridized carbons (Fsp3) is 0.235. The highest BCUT2D eigenvalue weighted by atomic mass is 16.7. The van der Waals surface area contributed by atoms with Gasteiger partial charge in [-0.3, -0.25) is 4.79 Å². The molecule has 2 heterocycles. The van der Waals surface area contributed by atoms with Gasteiger partial charge in [0.2, 0.25) is 12.7 Å². The number of carbonyl (C=O) groups is 1. The normalized spacial score (nSPS) is 14.2. The summed E-state index contributed by atoms with van der Waals surface area (Å²) in [5.41, 5.74) is 1.95. The van der Waals surface area contributed by atoms with Crippen LogP contribution in [0.1, 0.15) is 18.1 Å². The summed E-state index contributed by atoms with van der Waals surface area (Å²) in [7, 11) is 0. The maximum absolute atomic E-state index is 11.9. The third-order valence-electron chi connectivity index (χ3n) is 3.33. The molecule has 1 atom stereocenters. The van der Waals surface area contributed by atoms with E-state index in [1.165, 1.54) is 6.08 Å². The average molecular weight is 299 g/mol. The first-order valence-electron chi connectivity index (χ1n) is 7.10. The van der Waals surface area contributed by atoms with Crippen molar-refractivity contribution in [2.45, 2.75) is 19.4 Å². The third-order valence-corrected chi connectivity index (χ3v) is 3.33. The molecular formula is C17H17NO4. The molecule has 1 aromatic carbocycles. The minimum absolute atomic E-state index is 0.0338. The van der Waals surface area contributed by atoms with Crippen molar-refractivity contribution in [1.29, 1.82) is 0 Å². The fourth-order valence-corrected chi connectivity index (χ4v) is 2.29. The van der Waals surface area contributed by atoms with Gasteiger partial charge < -0.3 is 19.2 Å². The van der Waals surface area contributed by atoms with Gasteiger partial charge >= 0.3 is 0 Å². The lowest BCUT2D eigenvalue weighted by Gasteiger charge is -2.10. The van der Waals surface area contributed by atoms with Crippen molar-refractivity contribution in [1.82, 2.24) is 5.32 Å². The van der Waals surface area contributed by atoms with Crippen LogP contribution in [0.5, 0.6) is 11.5 Å². The van der Waals surface area contributed by atoms with Crippen molar-refractivity contribution in [3.8, 4) is 11.5 Å². The monoisotopic (exact) mass is 299 g/mol. The number of benzene rings is 1. The number of fused-ring (bicyclic) bond motifs is 1. The first kappa shape index (κ1) is 14.3. The quantitative estimate of drug-likeness (QED) is 0.862. The standard InChI is InChI=1S/C17H17NO4/c1-12(8-14-6-7-20-10-14)18-17(19)5-3-13-2-4-15-16(9-13)22-11-21-15/h2-7,9-10,12H,8,11H2,1H3,(H,18,19). The molecule has 1 N–H and O–H groups in total. The molecule has 2 aromatic rings. The van der Waals surface area contributed by atoms with Crippen LogP contribution in [-0.2, 0) is 11.2 Å². The van der Waals surface area contributed by atoms with Crippen molar-refractivity contribution in [2.24, 2.45) is 0 Å². The average Bonchev–Trinajstić information content (AvgIpc) is 3.15. The molecule has 0 spiro atoms. The summed E-state index contributed by atoms with van der Waals surface area (Å²) in [5.74, 6) is 1.31. The number of amides is 1. The lowest BCUT2D eigenvalue weighted by atomic mass is 10.1. The summed E-state index contributed by atoms with van der Waals surface area (Å²) in [6, 6.07) is 7.49. The molecule has 1 aliphatic rings. The molecule has 22 heavy (non-hydrogen) atoms. The summed E-state index contributed by atoms with van der Waals surface area (Å²) >= 11 is 0. The molecule has 0 radical (unpaired) electrons. The predicted octanol–water partition coefficient (Wildman–Crippen LogP) is 2.77. The van der Waals surface area contributed by atoms with E-state index >= 15 is 0 Å². The molecule has 0 fully saturated rings. The number of carbonyl (C=O) groups excluding carboxylic acids is 1. The van der Waals surface area contributed by atoms with E-state index < -0.39 is 0 Å². The highest BCUT2D eigenvalue weighted by Crippen LogP contribution is 2.32. The van der Waals surface area contributed by atoms with Crippen LogP contribution in [0.15, 0.2) is 47.3 Å². The van der Waals surface area contributed by atoms with E-state index in [4.69, 9.17) is 13.9 Å². The van der Waals surface area contributed by atoms with E-state index in [1.54, 1.807) is 18.6 Å². The van der Waals surface area contributed by atoms with Gasteiger partial charge in [0.05, 0.1) is 12.5 Å². The topological polar surface area (TPSA) is 60.7 Å². The molecular weight excluding hydrogens is 282 g/mol. The van der Waals surface area contributed by atoms with E-state index in [1.807, 2.05) is 31.2 Å². The summed E-state index contributed by atoms with van der Waals surface area (Å²) in [4.78, 5) is 11.9. The second kappa shape index (κ2) is 6.39. The van der Waals surface area contributed by atoms with Crippen LogP contribution in [0.25, 0.3) is 6.08 Å². The number of hydrogen-bond donors (Lipinski definition) is 1. The number of ether oxygens (including phenoxy) is 2. The van der Waals surface area contributed by atoms with Crippen molar-refractivity contribution in [3.05, 3.63) is 54.0 Å². The molecule has 114 valence electrons. The van der Waals surface area contributed by atoms with Gasteiger partial charge in [-0.1, -0.05) is 6.07 Å². The lowest BCUT2D eigenvalue weighted by Crippen LogP contribution is -2.32. The predicted molar refractivity (Wildman–Crippen MR) is 81.6 cm³/mol. The molecule has 1 aromatic heterocycles. The van der Waals surface area contributed by atoms with Gasteiger partial charge in [0.25, 0.3) is 0 Å². The Kier molecular flexibility index (Phi) is 4.14. The zero-order chi connectivity index (χ0) is 15.4. The van der Waals surface area contributed by atoms with Crippen molar-refractivity contribution in [2.75, 3.05) is 6.79 Å². The van der Waals surface area contributed by atoms with Crippen LogP contribution < -0.4 is 14.8 Å². The molecule has 1 unspecified atom stereocenters. The first-order chi connectivity index (χ1) is 10.7. The van der Waals surface area contributed by atoms with Crippen LogP contribution in [0.3, 0.4) is 0 Å². The number of nitrogens with one attached hydrogen (secondary N) is 1. The van der Waals surface area contributed by atoms with E-state index in [0.29, 0.717) is 5.75 Å². The minimum Gasteiger partial charge on any atom is -0.472 e. The van der Waals surface area contributed by atoms with Gasteiger partial charge in [-0.25, -0.2) is 0 Å². The Morgan fingerprint density at radius 3 is 3.00 bits per heavy atom. The Morgan fingerprint density at radius 2 is 2.18 bits per heavy atom. The van der Waals surface area contributed by atoms with E-state index in [0.717, 1.165) is 23.3 Å². The molecule has 5 nitrogen and oxygen atoms in total. The highest BCUT2D eigenvalue weighted by Gasteiger charge is 2.12. The van der Waals surface area contributed by atoms with E-state index in [-0.39, 0.29) is 18.7 Å². The molecule has 1 aliphatic heterocycles. The molecule has 3 rings (SSSR count). The van der Waals surface area contributed by atoms with Gasteiger partial charge in [0, 0.05) is 12.1 Å². The van der Waals surface area contributed by atoms with Crippen molar-refractivity contribution in [3.63, 3.8) is 0 Å². The van der Waals surface area contributed by atoms with Crippen LogP contribution in [0.2, 0.25) is 0 Å². The largest absolute Gasteiger partial charge is 0.472 e. The second-order valence-corrected chi connectivity index (χ2v) is 5.19. The third kappa shape index (κ3) is 3.49. The molecule has 0 saturated heterocycles. The highest BCUT2D eigenvalue weighted by molar-refractivity contribution is 5.92. The zero-order valence-corrected chi connectivity index (χ0v) is 12.2. The Balaban J connectivity index is 1.54. The van der Waals surface area contributed by atoms with Gasteiger partial charge in [0.1, 0.15) is 0 Å². The lowest BCUT2D eigenvalue weighted by molar-refractivity contribution is -0.117. The number of furan rings is 1. The van der Waals surface area contributed by atoms with Crippen LogP contribution >= 0.6 is 0 Å². The van der Waals surface area contributed by atoms with Gasteiger partial charge in [0.15, 0.2) is 11.5 Å². The molecule has 5 heteroatoms. The van der Waals surface area contributed by atoms with Crippen molar-refractivity contribution < 1.29 is 18.7 Å². The van der Waals surface area contributed by atoms with Gasteiger partial charge in [-0.15, -0.1) is 0 Å². The molecule has 0 bridgehead atoms. The fourth-order valence-electron chi connectivity index (χ4n) is 2.29. The smallest absolute Gasteiger partial charge is 0.244 e. The minimum atomic E-state index is -0.131. The van der Waals surface area contributed by atoms with E-state index in [9.17, 15) is 4.79 Å². The van der Waals surface area contributed by atoms with E-state index in [2.05, 4.69) is 5.32 Å². The Hall–Kier alpha value is -2.69. The summed E-state index contributed by atoms with van der Waals surface area (Å²) in [6.45, 7) is 2.20. The maximum Gasteiger partial charge on any atom is 0.244 e. The second-order valence-electron chi connectivity index (χ2n) is 5.19. The summed E-state index contributed by atoms with van der Waals surface area (Å²) < 4.78 is 15.6. The van der Waals surface area contributed by atoms with Gasteiger partial charge in [-0.05, 0) is 48.7 Å². The summed E-state index contributed by atoms with van der Waals surface area (Å²) in [5, 5.41) is 2.92. The van der Waals surface area contributed by atoms with Gasteiger partial charge in [-0.2, -0.15) is 0 Å². The van der Waals surface area contributed by atoms with Crippen LogP contribution in [0.4, 0.5) is 0 Å². The van der Waals surface area contributed by atoms with Crippen LogP contribution in [0, 0.1) is 0 Å². The molecule has 0 aliphatic carbocycles. The van der Waals surface area contributed by atoms with Crippen LogP contribution in [-0.4, -0.2) is 18.7 Å². The Bertz CT molecular complexity index is 676. The number of rotatable bonds is 5. The number of hydrogen-bond acceptors (Lipinski definition) is 4. The first-order valence-corrected chi connectivity index (χ1v) is 7.10. The Labute approximate surface area is 128 Å².